The zero-order valence-corrected chi connectivity index (χ0v) is 11.8. The molecule has 20 heavy (non-hydrogen) atoms. The monoisotopic (exact) mass is 291 g/mol. The number of hydrogen-bond acceptors (Lipinski definition) is 1. The highest BCUT2D eigenvalue weighted by Gasteiger charge is 2.12. The van der Waals surface area contributed by atoms with E-state index in [4.69, 9.17) is 11.6 Å². The molecule has 104 valence electrons. The van der Waals surface area contributed by atoms with E-state index in [1.165, 1.54) is 6.07 Å². The Morgan fingerprint density at radius 3 is 2.70 bits per heavy atom. The summed E-state index contributed by atoms with van der Waals surface area (Å²) in [6, 6.07) is 13.4. The summed E-state index contributed by atoms with van der Waals surface area (Å²) in [4.78, 5) is 11.9. The number of carbonyl (C=O) groups is 1. The normalized spacial score (nSPS) is 11.9. The summed E-state index contributed by atoms with van der Waals surface area (Å²) in [6.45, 7) is 1.87. The summed E-state index contributed by atoms with van der Waals surface area (Å²) in [6.07, 6.45) is 0.0254. The van der Waals surface area contributed by atoms with Gasteiger partial charge in [-0.3, -0.25) is 4.79 Å². The van der Waals surface area contributed by atoms with Crippen molar-refractivity contribution in [3.05, 3.63) is 70.5 Å². The molecule has 0 saturated heterocycles. The number of nitrogens with one attached hydrogen (secondary N) is 1. The summed E-state index contributed by atoms with van der Waals surface area (Å²) in [5, 5.41) is 3.46. The maximum Gasteiger partial charge on any atom is 0.225 e. The van der Waals surface area contributed by atoms with Gasteiger partial charge in [-0.05, 0) is 36.2 Å². The van der Waals surface area contributed by atoms with Crippen LogP contribution in [0.5, 0.6) is 0 Å². The lowest BCUT2D eigenvalue weighted by Gasteiger charge is -2.14. The summed E-state index contributed by atoms with van der Waals surface area (Å²) >= 11 is 5.91. The third-order valence-electron chi connectivity index (χ3n) is 3.04. The molecular weight excluding hydrogens is 277 g/mol. The zero-order valence-electron chi connectivity index (χ0n) is 11.1. The molecule has 0 saturated carbocycles. The highest BCUT2D eigenvalue weighted by atomic mass is 35.5. The van der Waals surface area contributed by atoms with Crippen LogP contribution >= 0.6 is 11.6 Å². The quantitative estimate of drug-likeness (QED) is 0.909. The average molecular weight is 292 g/mol. The molecule has 0 fully saturated rings. The van der Waals surface area contributed by atoms with Gasteiger partial charge in [0.25, 0.3) is 0 Å². The van der Waals surface area contributed by atoms with Gasteiger partial charge in [0.2, 0.25) is 5.91 Å². The third kappa shape index (κ3) is 3.81. The molecule has 1 atom stereocenters. The lowest BCUT2D eigenvalue weighted by molar-refractivity contribution is -0.121. The minimum absolute atomic E-state index is 0.0254. The molecule has 0 aliphatic rings. The van der Waals surface area contributed by atoms with Crippen molar-refractivity contribution in [1.82, 2.24) is 5.32 Å². The van der Waals surface area contributed by atoms with Crippen molar-refractivity contribution in [3.8, 4) is 0 Å². The molecule has 1 amide bonds. The Kier molecular flexibility index (Phi) is 4.74. The van der Waals surface area contributed by atoms with Gasteiger partial charge in [-0.15, -0.1) is 0 Å². The van der Waals surface area contributed by atoms with Gasteiger partial charge in [0.1, 0.15) is 5.82 Å². The van der Waals surface area contributed by atoms with E-state index < -0.39 is 0 Å². The van der Waals surface area contributed by atoms with Crippen LogP contribution in [0, 0.1) is 5.82 Å². The first-order valence-corrected chi connectivity index (χ1v) is 6.72. The van der Waals surface area contributed by atoms with Gasteiger partial charge >= 0.3 is 0 Å². The Bertz CT molecular complexity index is 615. The summed E-state index contributed by atoms with van der Waals surface area (Å²) in [7, 11) is 0. The van der Waals surface area contributed by atoms with Crippen molar-refractivity contribution in [3.63, 3.8) is 0 Å². The SMILES string of the molecule is CC(NC(=O)Cc1ccccc1F)c1cccc(Cl)c1. The van der Waals surface area contributed by atoms with Gasteiger partial charge in [-0.2, -0.15) is 0 Å². The fraction of sp³-hybridized carbons (Fsp3) is 0.188. The molecule has 1 N–H and O–H groups in total. The van der Waals surface area contributed by atoms with E-state index in [9.17, 15) is 9.18 Å². The largest absolute Gasteiger partial charge is 0.349 e. The number of carbonyl (C=O) groups excluding carboxylic acids is 1. The number of halogens is 2. The Morgan fingerprint density at radius 2 is 2.00 bits per heavy atom. The molecule has 0 spiro atoms. The third-order valence-corrected chi connectivity index (χ3v) is 3.27. The molecule has 2 rings (SSSR count). The summed E-state index contributed by atoms with van der Waals surface area (Å²) < 4.78 is 13.5. The highest BCUT2D eigenvalue weighted by molar-refractivity contribution is 6.30. The van der Waals surface area contributed by atoms with Gasteiger partial charge < -0.3 is 5.32 Å². The van der Waals surface area contributed by atoms with Crippen LogP contribution in [0.4, 0.5) is 4.39 Å². The Morgan fingerprint density at radius 1 is 1.25 bits per heavy atom. The average Bonchev–Trinajstić information content (AvgIpc) is 2.41. The number of amides is 1. The standard InChI is InChI=1S/C16H15ClFNO/c1-11(12-6-4-7-14(17)9-12)19-16(20)10-13-5-2-3-8-15(13)18/h2-9,11H,10H2,1H3,(H,19,20). The number of rotatable bonds is 4. The molecule has 0 radical (unpaired) electrons. The highest BCUT2D eigenvalue weighted by Crippen LogP contribution is 2.17. The Hall–Kier alpha value is -1.87. The molecule has 0 aliphatic carbocycles. The molecule has 2 aromatic carbocycles. The zero-order chi connectivity index (χ0) is 14.5. The van der Waals surface area contributed by atoms with Crippen LogP contribution in [0.25, 0.3) is 0 Å². The predicted octanol–water partition coefficient (Wildman–Crippen LogP) is 3.90. The summed E-state index contributed by atoms with van der Waals surface area (Å²) in [5.41, 5.74) is 1.31. The van der Waals surface area contributed by atoms with Gasteiger partial charge in [0, 0.05) is 5.02 Å². The first-order chi connectivity index (χ1) is 9.56. The van der Waals surface area contributed by atoms with Crippen LogP contribution in [0.3, 0.4) is 0 Å². The van der Waals surface area contributed by atoms with E-state index in [0.29, 0.717) is 10.6 Å². The first kappa shape index (κ1) is 14.5. The molecule has 0 aromatic heterocycles. The molecular formula is C16H15ClFNO. The second-order valence-electron chi connectivity index (χ2n) is 4.61. The van der Waals surface area contributed by atoms with Crippen molar-refractivity contribution in [2.45, 2.75) is 19.4 Å². The van der Waals surface area contributed by atoms with E-state index in [0.717, 1.165) is 5.56 Å². The van der Waals surface area contributed by atoms with Gasteiger partial charge in [0.05, 0.1) is 12.5 Å². The second kappa shape index (κ2) is 6.53. The van der Waals surface area contributed by atoms with Crippen molar-refractivity contribution >= 4 is 17.5 Å². The van der Waals surface area contributed by atoms with Gasteiger partial charge in [-0.1, -0.05) is 41.9 Å². The molecule has 0 aliphatic heterocycles. The topological polar surface area (TPSA) is 29.1 Å². The van der Waals surface area contributed by atoms with Crippen LogP contribution in [-0.4, -0.2) is 5.91 Å². The lowest BCUT2D eigenvalue weighted by atomic mass is 10.1. The number of hydrogen-bond donors (Lipinski definition) is 1. The van der Waals surface area contributed by atoms with Gasteiger partial charge in [-0.25, -0.2) is 4.39 Å². The van der Waals surface area contributed by atoms with E-state index in [1.807, 2.05) is 19.1 Å². The fourth-order valence-electron chi connectivity index (χ4n) is 1.97. The minimum atomic E-state index is -0.363. The summed E-state index contributed by atoms with van der Waals surface area (Å²) in [5.74, 6) is -0.583. The van der Waals surface area contributed by atoms with E-state index in [-0.39, 0.29) is 24.2 Å². The van der Waals surface area contributed by atoms with Crippen LogP contribution in [0.1, 0.15) is 24.1 Å². The van der Waals surface area contributed by atoms with Crippen molar-refractivity contribution in [2.75, 3.05) is 0 Å². The molecule has 0 bridgehead atoms. The van der Waals surface area contributed by atoms with Crippen LogP contribution in [-0.2, 0) is 11.2 Å². The van der Waals surface area contributed by atoms with Crippen LogP contribution in [0.15, 0.2) is 48.5 Å². The van der Waals surface area contributed by atoms with Gasteiger partial charge in [0.15, 0.2) is 0 Å². The van der Waals surface area contributed by atoms with Crippen molar-refractivity contribution in [1.29, 1.82) is 0 Å². The lowest BCUT2D eigenvalue weighted by Crippen LogP contribution is -2.28. The van der Waals surface area contributed by atoms with E-state index in [2.05, 4.69) is 5.32 Å². The molecule has 4 heteroatoms. The number of benzene rings is 2. The molecule has 0 heterocycles. The van der Waals surface area contributed by atoms with Crippen molar-refractivity contribution < 1.29 is 9.18 Å². The van der Waals surface area contributed by atoms with Crippen LogP contribution < -0.4 is 5.32 Å². The predicted molar refractivity (Wildman–Crippen MR) is 78.1 cm³/mol. The van der Waals surface area contributed by atoms with Crippen LogP contribution in [0.2, 0.25) is 5.02 Å². The Labute approximate surface area is 122 Å². The van der Waals surface area contributed by atoms with Crippen molar-refractivity contribution in [2.24, 2.45) is 0 Å². The Balaban J connectivity index is 2.00. The smallest absolute Gasteiger partial charge is 0.225 e. The fourth-order valence-corrected chi connectivity index (χ4v) is 2.17. The molecule has 1 unspecified atom stereocenters. The maximum absolute atomic E-state index is 13.5. The molecule has 2 aromatic rings. The van der Waals surface area contributed by atoms with E-state index >= 15 is 0 Å². The first-order valence-electron chi connectivity index (χ1n) is 6.34. The minimum Gasteiger partial charge on any atom is -0.349 e. The molecule has 2 nitrogen and oxygen atoms in total. The van der Waals surface area contributed by atoms with E-state index in [1.54, 1.807) is 30.3 Å². The maximum atomic E-state index is 13.5. The second-order valence-corrected chi connectivity index (χ2v) is 5.05.